The zero-order valence-corrected chi connectivity index (χ0v) is 21.6. The van der Waals surface area contributed by atoms with Gasteiger partial charge in [-0.25, -0.2) is 4.79 Å². The molecule has 5 aromatic rings. The molecule has 0 radical (unpaired) electrons. The minimum atomic E-state index is -0.875. The topological polar surface area (TPSA) is 114 Å². The predicted octanol–water partition coefficient (Wildman–Crippen LogP) is 4.00. The molecule has 3 N–H and O–H groups in total. The number of H-pyrrole nitrogens is 1. The van der Waals surface area contributed by atoms with Gasteiger partial charge in [-0.05, 0) is 57.1 Å². The first-order chi connectivity index (χ1) is 19.0. The molecular formula is C31H32N2O6. The van der Waals surface area contributed by atoms with Crippen LogP contribution in [0.25, 0.3) is 32.3 Å². The number of aromatic amines is 1. The molecule has 4 aromatic carbocycles. The summed E-state index contributed by atoms with van der Waals surface area (Å²) in [4.78, 5) is 26.8. The summed E-state index contributed by atoms with van der Waals surface area (Å²) in [5.74, 6) is 0. The van der Waals surface area contributed by atoms with Crippen molar-refractivity contribution in [3.8, 4) is 0 Å². The lowest BCUT2D eigenvalue weighted by Crippen LogP contribution is -2.34. The molecule has 0 bridgehead atoms. The number of benzene rings is 4. The van der Waals surface area contributed by atoms with E-state index in [0.717, 1.165) is 25.7 Å². The number of ether oxygens (including phenoxy) is 2. The van der Waals surface area contributed by atoms with Crippen LogP contribution in [0.5, 0.6) is 0 Å². The Kier molecular flexibility index (Phi) is 7.18. The fourth-order valence-electron chi connectivity index (χ4n) is 5.79. The molecule has 0 saturated carbocycles. The number of rotatable bonds is 10. The Morgan fingerprint density at radius 2 is 1.67 bits per heavy atom. The first-order valence-electron chi connectivity index (χ1n) is 13.6. The van der Waals surface area contributed by atoms with E-state index in [2.05, 4.69) is 59.6 Å². The molecule has 8 heteroatoms. The second-order valence-corrected chi connectivity index (χ2v) is 10.4. The highest BCUT2D eigenvalue weighted by Crippen LogP contribution is 2.36. The van der Waals surface area contributed by atoms with Gasteiger partial charge < -0.3 is 19.7 Å². The van der Waals surface area contributed by atoms with Gasteiger partial charge in [-0.15, -0.1) is 0 Å². The van der Waals surface area contributed by atoms with Gasteiger partial charge in [-0.1, -0.05) is 61.0 Å². The summed E-state index contributed by atoms with van der Waals surface area (Å²) in [6.07, 6.45) is 3.08. The van der Waals surface area contributed by atoms with Crippen LogP contribution in [0.1, 0.15) is 43.0 Å². The van der Waals surface area contributed by atoms with Crippen LogP contribution in [0.3, 0.4) is 0 Å². The van der Waals surface area contributed by atoms with Gasteiger partial charge in [0.25, 0.3) is 5.56 Å². The van der Waals surface area contributed by atoms with Gasteiger partial charge in [-0.3, -0.25) is 14.3 Å². The summed E-state index contributed by atoms with van der Waals surface area (Å²) in [7, 11) is 0. The molecule has 2 heterocycles. The van der Waals surface area contributed by atoms with E-state index in [-0.39, 0.29) is 19.6 Å². The third-order valence-corrected chi connectivity index (χ3v) is 7.85. The molecule has 3 atom stereocenters. The second kappa shape index (κ2) is 10.9. The number of nitrogens with zero attached hydrogens (tertiary/aromatic N) is 1. The fourth-order valence-corrected chi connectivity index (χ4v) is 5.79. The first kappa shape index (κ1) is 25.7. The predicted molar refractivity (Wildman–Crippen MR) is 150 cm³/mol. The van der Waals surface area contributed by atoms with Crippen LogP contribution in [0.2, 0.25) is 0 Å². The van der Waals surface area contributed by atoms with Crippen molar-refractivity contribution in [2.45, 2.75) is 57.1 Å². The number of aliphatic hydroxyl groups excluding tert-OH is 2. The number of hydrogen-bond donors (Lipinski definition) is 3. The highest BCUT2D eigenvalue weighted by molar-refractivity contribution is 6.23. The molecule has 1 fully saturated rings. The van der Waals surface area contributed by atoms with E-state index in [0.29, 0.717) is 12.2 Å². The highest BCUT2D eigenvalue weighted by atomic mass is 16.5. The summed E-state index contributed by atoms with van der Waals surface area (Å²) >= 11 is 0. The number of aliphatic hydroxyl groups is 2. The van der Waals surface area contributed by atoms with Crippen molar-refractivity contribution in [2.75, 3.05) is 13.2 Å². The maximum atomic E-state index is 12.3. The molecule has 1 unspecified atom stereocenters. The molecule has 1 aromatic heterocycles. The van der Waals surface area contributed by atoms with Crippen LogP contribution >= 0.6 is 0 Å². The number of unbranched alkanes of at least 4 members (excludes halogenated alkanes) is 2. The van der Waals surface area contributed by atoms with E-state index in [9.17, 15) is 19.8 Å². The Bertz CT molecular complexity index is 1710. The lowest BCUT2D eigenvalue weighted by atomic mass is 9.90. The van der Waals surface area contributed by atoms with Crippen LogP contribution in [-0.2, 0) is 22.5 Å². The Morgan fingerprint density at radius 1 is 0.923 bits per heavy atom. The number of aryl methyl sites for hydroxylation is 1. The van der Waals surface area contributed by atoms with Gasteiger partial charge >= 0.3 is 5.69 Å². The van der Waals surface area contributed by atoms with Crippen LogP contribution in [0.4, 0.5) is 0 Å². The van der Waals surface area contributed by atoms with Crippen molar-refractivity contribution in [1.29, 1.82) is 0 Å². The molecule has 1 aliphatic heterocycles. The average Bonchev–Trinajstić information content (AvgIpc) is 3.32. The molecule has 202 valence electrons. The Labute approximate surface area is 224 Å². The molecule has 39 heavy (non-hydrogen) atoms. The number of hydrogen-bond acceptors (Lipinski definition) is 6. The van der Waals surface area contributed by atoms with Gasteiger partial charge in [-0.2, -0.15) is 0 Å². The zero-order chi connectivity index (χ0) is 26.9. The van der Waals surface area contributed by atoms with Crippen molar-refractivity contribution < 1.29 is 19.7 Å². The molecule has 0 spiro atoms. The molecular weight excluding hydrogens is 496 g/mol. The third-order valence-electron chi connectivity index (χ3n) is 7.85. The van der Waals surface area contributed by atoms with Gasteiger partial charge in [0, 0.05) is 19.2 Å². The largest absolute Gasteiger partial charge is 0.394 e. The molecule has 1 aliphatic rings. The number of nitrogens with one attached hydrogen (secondary N) is 1. The summed E-state index contributed by atoms with van der Waals surface area (Å²) in [6.45, 7) is 0.230. The summed E-state index contributed by atoms with van der Waals surface area (Å²) in [5, 5.41) is 27.1. The minimum absolute atomic E-state index is 0.0728. The third kappa shape index (κ3) is 4.96. The SMILES string of the molecule is O=c1[nH]c(=O)n(C2C[C@H](O)[C@@H](CO)O2)cc1COCCCCCc1ccc2ccc3cccc4ccc1c2c34. The molecule has 6 rings (SSSR count). The van der Waals surface area contributed by atoms with Crippen LogP contribution < -0.4 is 11.2 Å². The van der Waals surface area contributed by atoms with E-state index in [4.69, 9.17) is 9.47 Å². The van der Waals surface area contributed by atoms with Crippen LogP contribution in [-0.4, -0.2) is 45.2 Å². The van der Waals surface area contributed by atoms with E-state index < -0.39 is 29.7 Å². The molecule has 1 saturated heterocycles. The summed E-state index contributed by atoms with van der Waals surface area (Å²) < 4.78 is 12.6. The average molecular weight is 529 g/mol. The summed E-state index contributed by atoms with van der Waals surface area (Å²) in [6, 6.07) is 19.8. The normalized spacial score (nSPS) is 19.6. The standard InChI is InChI=1S/C31H32N2O6/c34-17-26-25(35)15-27(39-26)33-16-23(30(36)32-31(33)37)18-38-14-3-1-2-5-19-8-9-22-11-10-20-6-4-7-21-12-13-24(19)29(22)28(20)21/h4,6-13,16,25-27,34-35H,1-3,5,14-15,17-18H2,(H,32,36,37)/t25-,26+,27?/m0/s1. The lowest BCUT2D eigenvalue weighted by molar-refractivity contribution is -0.0461. The van der Waals surface area contributed by atoms with E-state index in [1.165, 1.54) is 48.6 Å². The fraction of sp³-hybridized carbons (Fsp3) is 0.355. The highest BCUT2D eigenvalue weighted by Gasteiger charge is 2.35. The smallest absolute Gasteiger partial charge is 0.330 e. The van der Waals surface area contributed by atoms with Gasteiger partial charge in [0.2, 0.25) is 0 Å². The van der Waals surface area contributed by atoms with Crippen molar-refractivity contribution in [3.63, 3.8) is 0 Å². The molecule has 8 nitrogen and oxygen atoms in total. The Balaban J connectivity index is 1.03. The molecule has 0 amide bonds. The van der Waals surface area contributed by atoms with Crippen molar-refractivity contribution in [1.82, 2.24) is 9.55 Å². The quantitative estimate of drug-likeness (QED) is 0.187. The minimum Gasteiger partial charge on any atom is -0.394 e. The van der Waals surface area contributed by atoms with E-state index in [1.54, 1.807) is 0 Å². The van der Waals surface area contributed by atoms with Gasteiger partial charge in [0.15, 0.2) is 0 Å². The Morgan fingerprint density at radius 3 is 2.44 bits per heavy atom. The van der Waals surface area contributed by atoms with Crippen LogP contribution in [0, 0.1) is 0 Å². The van der Waals surface area contributed by atoms with Crippen molar-refractivity contribution in [2.24, 2.45) is 0 Å². The lowest BCUT2D eigenvalue weighted by Gasteiger charge is -2.15. The maximum absolute atomic E-state index is 12.3. The number of aromatic nitrogens is 2. The van der Waals surface area contributed by atoms with Gasteiger partial charge in [0.1, 0.15) is 12.3 Å². The van der Waals surface area contributed by atoms with Crippen molar-refractivity contribution >= 4 is 32.3 Å². The second-order valence-electron chi connectivity index (χ2n) is 10.4. The Hall–Kier alpha value is -3.56. The van der Waals surface area contributed by atoms with Crippen LogP contribution in [0.15, 0.2) is 70.4 Å². The van der Waals surface area contributed by atoms with Crippen molar-refractivity contribution in [3.05, 3.63) is 92.8 Å². The maximum Gasteiger partial charge on any atom is 0.330 e. The zero-order valence-electron chi connectivity index (χ0n) is 21.6. The molecule has 0 aliphatic carbocycles. The van der Waals surface area contributed by atoms with E-state index >= 15 is 0 Å². The van der Waals surface area contributed by atoms with Gasteiger partial charge in [0.05, 0.1) is 24.9 Å². The monoisotopic (exact) mass is 528 g/mol. The van der Waals surface area contributed by atoms with E-state index in [1.807, 2.05) is 0 Å². The summed E-state index contributed by atoms with van der Waals surface area (Å²) in [5.41, 5.74) is 0.556. The first-order valence-corrected chi connectivity index (χ1v) is 13.6.